The van der Waals surface area contributed by atoms with Gasteiger partial charge in [0.05, 0.1) is 0 Å². The first-order valence-corrected chi connectivity index (χ1v) is 3.07. The number of aromatic nitrogens is 1. The van der Waals surface area contributed by atoms with Gasteiger partial charge in [-0.3, -0.25) is 4.79 Å². The summed E-state index contributed by atoms with van der Waals surface area (Å²) in [5.41, 5.74) is 0. The Bertz CT molecular complexity index is 273. The predicted octanol–water partition coefficient (Wildman–Crippen LogP) is 1.46. The number of aromatic amines is 1. The average Bonchev–Trinajstić information content (AvgIpc) is 2.11. The molecule has 0 atom stereocenters. The molecule has 0 radical (unpaired) electrons. The van der Waals surface area contributed by atoms with Crippen LogP contribution in [0, 0.1) is 0 Å². The van der Waals surface area contributed by atoms with Gasteiger partial charge in [0.2, 0.25) is 0 Å². The Kier molecular flexibility index (Phi) is 1.55. The molecule has 10 heavy (non-hydrogen) atoms. The first-order valence-electron chi connectivity index (χ1n) is 2.26. The van der Waals surface area contributed by atoms with E-state index in [4.69, 9.17) is 0 Å². The highest BCUT2D eigenvalue weighted by molar-refractivity contribution is 7.09. The van der Waals surface area contributed by atoms with Crippen LogP contribution in [-0.4, -0.2) is 4.98 Å². The third-order valence-corrected chi connectivity index (χ3v) is 1.68. The van der Waals surface area contributed by atoms with E-state index in [1.807, 2.05) is 4.98 Å². The normalized spacial score (nSPS) is 11.9. The number of halogens is 3. The van der Waals surface area contributed by atoms with E-state index < -0.39 is 15.9 Å². The van der Waals surface area contributed by atoms with Crippen LogP contribution in [0.15, 0.2) is 11.0 Å². The SMILES string of the molecule is O=c1[nH]cc(C(F)(F)F)s1. The zero-order valence-corrected chi connectivity index (χ0v) is 5.34. The number of rotatable bonds is 0. The van der Waals surface area contributed by atoms with Crippen LogP contribution in [0.1, 0.15) is 4.88 Å². The lowest BCUT2D eigenvalue weighted by molar-refractivity contribution is -0.134. The minimum atomic E-state index is -4.40. The van der Waals surface area contributed by atoms with Crippen molar-refractivity contribution in [3.8, 4) is 0 Å². The maximum atomic E-state index is 11.7. The summed E-state index contributed by atoms with van der Waals surface area (Å²) in [6, 6.07) is 0. The van der Waals surface area contributed by atoms with Gasteiger partial charge in [-0.25, -0.2) is 0 Å². The number of alkyl halides is 3. The molecule has 0 spiro atoms. The monoisotopic (exact) mass is 169 g/mol. The van der Waals surface area contributed by atoms with Gasteiger partial charge < -0.3 is 4.98 Å². The zero-order valence-electron chi connectivity index (χ0n) is 4.53. The average molecular weight is 169 g/mol. The number of thiazole rings is 1. The fourth-order valence-corrected chi connectivity index (χ4v) is 0.974. The van der Waals surface area contributed by atoms with Crippen LogP contribution < -0.4 is 4.87 Å². The van der Waals surface area contributed by atoms with Crippen molar-refractivity contribution in [2.24, 2.45) is 0 Å². The Morgan fingerprint density at radius 2 is 2.10 bits per heavy atom. The maximum Gasteiger partial charge on any atom is 0.427 e. The molecule has 1 N–H and O–H groups in total. The van der Waals surface area contributed by atoms with Gasteiger partial charge in [-0.15, -0.1) is 0 Å². The summed E-state index contributed by atoms with van der Waals surface area (Å²) in [5.74, 6) is 0. The van der Waals surface area contributed by atoms with Gasteiger partial charge in [-0.05, 0) is 0 Å². The van der Waals surface area contributed by atoms with Gasteiger partial charge in [0, 0.05) is 6.20 Å². The smallest absolute Gasteiger partial charge is 0.319 e. The zero-order chi connectivity index (χ0) is 7.78. The molecule has 0 fully saturated rings. The molecule has 2 nitrogen and oxygen atoms in total. The molecule has 0 saturated carbocycles. The number of hydrogen-bond donors (Lipinski definition) is 1. The van der Waals surface area contributed by atoms with Crippen LogP contribution in [-0.2, 0) is 6.18 Å². The molecular weight excluding hydrogens is 167 g/mol. The highest BCUT2D eigenvalue weighted by atomic mass is 32.1. The fraction of sp³-hybridized carbons (Fsp3) is 0.250. The van der Waals surface area contributed by atoms with E-state index in [0.717, 1.165) is 0 Å². The van der Waals surface area contributed by atoms with Crippen LogP contribution in [0.4, 0.5) is 13.2 Å². The second-order valence-corrected chi connectivity index (χ2v) is 2.55. The second-order valence-electron chi connectivity index (χ2n) is 1.54. The summed E-state index contributed by atoms with van der Waals surface area (Å²) in [6.45, 7) is 0. The number of hydrogen-bond acceptors (Lipinski definition) is 2. The van der Waals surface area contributed by atoms with Crippen LogP contribution in [0.3, 0.4) is 0 Å². The lowest BCUT2D eigenvalue weighted by atomic mass is 10.5. The Hall–Kier alpha value is -0.780. The Morgan fingerprint density at radius 3 is 2.30 bits per heavy atom. The van der Waals surface area contributed by atoms with E-state index in [-0.39, 0.29) is 11.3 Å². The largest absolute Gasteiger partial charge is 0.427 e. The first-order chi connectivity index (χ1) is 4.50. The molecule has 1 heterocycles. The van der Waals surface area contributed by atoms with Crippen molar-refractivity contribution in [2.75, 3.05) is 0 Å². The second kappa shape index (κ2) is 2.12. The molecule has 0 amide bonds. The van der Waals surface area contributed by atoms with E-state index in [2.05, 4.69) is 0 Å². The van der Waals surface area contributed by atoms with Crippen molar-refractivity contribution in [1.82, 2.24) is 4.98 Å². The Morgan fingerprint density at radius 1 is 1.50 bits per heavy atom. The third kappa shape index (κ3) is 1.38. The van der Waals surface area contributed by atoms with Gasteiger partial charge >= 0.3 is 11.0 Å². The van der Waals surface area contributed by atoms with Crippen LogP contribution in [0.2, 0.25) is 0 Å². The lowest BCUT2D eigenvalue weighted by Crippen LogP contribution is -2.00. The summed E-state index contributed by atoms with van der Waals surface area (Å²) in [6.07, 6.45) is -3.74. The molecule has 6 heteroatoms. The highest BCUT2D eigenvalue weighted by Crippen LogP contribution is 2.29. The van der Waals surface area contributed by atoms with Crippen molar-refractivity contribution < 1.29 is 13.2 Å². The van der Waals surface area contributed by atoms with E-state index in [0.29, 0.717) is 6.20 Å². The molecular formula is C4H2F3NOS. The molecule has 1 rings (SSSR count). The summed E-state index contributed by atoms with van der Waals surface area (Å²) < 4.78 is 35.0. The quantitative estimate of drug-likeness (QED) is 0.626. The van der Waals surface area contributed by atoms with Gasteiger partial charge in [0.15, 0.2) is 0 Å². The van der Waals surface area contributed by atoms with Gasteiger partial charge in [-0.2, -0.15) is 13.2 Å². The molecule has 56 valence electrons. The Labute approximate surface area is 57.3 Å². The maximum absolute atomic E-state index is 11.7. The molecule has 1 aromatic rings. The van der Waals surface area contributed by atoms with Crippen molar-refractivity contribution in [2.45, 2.75) is 6.18 Å². The van der Waals surface area contributed by atoms with Crippen molar-refractivity contribution >= 4 is 11.3 Å². The van der Waals surface area contributed by atoms with E-state index >= 15 is 0 Å². The van der Waals surface area contributed by atoms with E-state index in [1.54, 1.807) is 0 Å². The number of H-pyrrole nitrogens is 1. The van der Waals surface area contributed by atoms with Gasteiger partial charge in [0.25, 0.3) is 0 Å². The minimum Gasteiger partial charge on any atom is -0.319 e. The standard InChI is InChI=1S/C4H2F3NOS/c5-4(6,7)2-1-8-3(9)10-2/h1H,(H,8,9). The summed E-state index contributed by atoms with van der Waals surface area (Å²) in [7, 11) is 0. The van der Waals surface area contributed by atoms with Crippen LogP contribution >= 0.6 is 11.3 Å². The predicted molar refractivity (Wildman–Crippen MR) is 29.9 cm³/mol. The van der Waals surface area contributed by atoms with Gasteiger partial charge in [-0.1, -0.05) is 11.3 Å². The summed E-state index contributed by atoms with van der Waals surface area (Å²) in [5, 5.41) is 0. The van der Waals surface area contributed by atoms with Crippen molar-refractivity contribution in [3.63, 3.8) is 0 Å². The molecule has 1 aromatic heterocycles. The van der Waals surface area contributed by atoms with E-state index in [1.165, 1.54) is 0 Å². The summed E-state index contributed by atoms with van der Waals surface area (Å²) in [4.78, 5) is 10.5. The molecule has 0 bridgehead atoms. The minimum absolute atomic E-state index is 0.159. The fourth-order valence-electron chi connectivity index (χ4n) is 0.423. The van der Waals surface area contributed by atoms with Gasteiger partial charge in [0.1, 0.15) is 4.88 Å². The van der Waals surface area contributed by atoms with Crippen molar-refractivity contribution in [3.05, 3.63) is 20.7 Å². The Balaban J connectivity index is 3.07. The van der Waals surface area contributed by atoms with E-state index in [9.17, 15) is 18.0 Å². The number of nitrogens with one attached hydrogen (secondary N) is 1. The van der Waals surface area contributed by atoms with Crippen LogP contribution in [0.25, 0.3) is 0 Å². The summed E-state index contributed by atoms with van der Waals surface area (Å²) >= 11 is 0.159. The molecule has 0 aliphatic carbocycles. The van der Waals surface area contributed by atoms with Crippen LogP contribution in [0.5, 0.6) is 0 Å². The molecule has 0 aliphatic heterocycles. The topological polar surface area (TPSA) is 32.9 Å². The third-order valence-electron chi connectivity index (χ3n) is 0.803. The molecule has 0 aliphatic rings. The molecule has 0 unspecified atom stereocenters. The first kappa shape index (κ1) is 7.33. The molecule has 0 aromatic carbocycles. The highest BCUT2D eigenvalue weighted by Gasteiger charge is 2.32. The van der Waals surface area contributed by atoms with Crippen molar-refractivity contribution in [1.29, 1.82) is 0 Å². The molecule has 0 saturated heterocycles. The lowest BCUT2D eigenvalue weighted by Gasteiger charge is -1.98.